The second-order valence-electron chi connectivity index (χ2n) is 4.13. The Morgan fingerprint density at radius 3 is 2.60 bits per heavy atom. The van der Waals surface area contributed by atoms with Crippen LogP contribution in [0.3, 0.4) is 0 Å². The van der Waals surface area contributed by atoms with Crippen LogP contribution in [0.25, 0.3) is 0 Å². The first-order valence-corrected chi connectivity index (χ1v) is 6.61. The molecular formula is C12H18ClN2O5+. The molecule has 0 aliphatic carbocycles. The summed E-state index contributed by atoms with van der Waals surface area (Å²) >= 11 is 4.64. The van der Waals surface area contributed by atoms with Crippen molar-refractivity contribution in [2.45, 2.75) is 24.5 Å². The second kappa shape index (κ2) is 7.51. The number of alkyl halides is 1. The summed E-state index contributed by atoms with van der Waals surface area (Å²) in [6.07, 6.45) is 0.390. The molecule has 112 valence electrons. The lowest BCUT2D eigenvalue weighted by molar-refractivity contribution is -0.765. The summed E-state index contributed by atoms with van der Waals surface area (Å²) in [4.78, 5) is 11.1. The van der Waals surface area contributed by atoms with Gasteiger partial charge in [-0.25, -0.2) is 0 Å². The molecular weight excluding hydrogens is 288 g/mol. The zero-order valence-corrected chi connectivity index (χ0v) is 11.6. The summed E-state index contributed by atoms with van der Waals surface area (Å²) in [5.41, 5.74) is 5.41. The van der Waals surface area contributed by atoms with E-state index in [0.29, 0.717) is 0 Å². The number of halogens is 1. The molecule has 1 aliphatic rings. The van der Waals surface area contributed by atoms with E-state index in [1.54, 1.807) is 12.3 Å². The van der Waals surface area contributed by atoms with Crippen molar-refractivity contribution >= 4 is 17.5 Å². The van der Waals surface area contributed by atoms with Crippen LogP contribution in [0.2, 0.25) is 0 Å². The van der Waals surface area contributed by atoms with E-state index >= 15 is 0 Å². The fourth-order valence-electron chi connectivity index (χ4n) is 1.92. The number of nitrogens with two attached hydrogens (primary N) is 1. The average molecular weight is 306 g/mol. The number of carbonyl (C=O) groups is 1. The Bertz CT molecular complexity index is 459. The van der Waals surface area contributed by atoms with E-state index in [2.05, 4.69) is 11.6 Å². The van der Waals surface area contributed by atoms with Crippen molar-refractivity contribution in [3.63, 3.8) is 0 Å². The zero-order valence-electron chi connectivity index (χ0n) is 10.9. The predicted octanol–water partition coefficient (Wildman–Crippen LogP) is -1.46. The Balaban J connectivity index is 0.000000956. The third-order valence-electron chi connectivity index (χ3n) is 2.92. The lowest BCUT2D eigenvalue weighted by atomic mass is 10.1. The molecule has 1 aromatic rings. The van der Waals surface area contributed by atoms with Crippen molar-refractivity contribution in [3.05, 3.63) is 30.1 Å². The quantitative estimate of drug-likeness (QED) is 0.402. The van der Waals surface area contributed by atoms with Crippen LogP contribution in [-0.2, 0) is 4.74 Å². The number of aliphatic hydroxyl groups is 3. The average Bonchev–Trinajstić information content (AvgIpc) is 2.77. The molecule has 0 bridgehead atoms. The SMILES string of the molecule is CCl.NC(=O)c1ccc[n+](C2OC(CO)C(O)C2O)c1. The number of aromatic nitrogens is 1. The molecule has 2 rings (SSSR count). The number of amides is 1. The highest BCUT2D eigenvalue weighted by Gasteiger charge is 2.47. The predicted molar refractivity (Wildman–Crippen MR) is 69.9 cm³/mol. The molecule has 5 N–H and O–H groups in total. The van der Waals surface area contributed by atoms with Crippen LogP contribution < -0.4 is 10.3 Å². The van der Waals surface area contributed by atoms with Gasteiger partial charge in [0.25, 0.3) is 12.1 Å². The Morgan fingerprint density at radius 1 is 1.45 bits per heavy atom. The molecule has 1 aliphatic heterocycles. The standard InChI is InChI=1S/C11H14N2O5.CH3Cl/c12-10(17)6-2-1-3-13(4-6)11-9(16)8(15)7(5-14)18-11;1-2/h1-4,7-9,11,14-16H,5H2,(H-,12,17);1H3/p+1. The van der Waals surface area contributed by atoms with Crippen LogP contribution in [-0.4, -0.2) is 52.5 Å². The van der Waals surface area contributed by atoms with E-state index in [-0.39, 0.29) is 5.56 Å². The number of ether oxygens (including phenoxy) is 1. The summed E-state index contributed by atoms with van der Waals surface area (Å²) in [5.74, 6) is -0.601. The fraction of sp³-hybridized carbons (Fsp3) is 0.500. The molecule has 0 saturated carbocycles. The number of rotatable bonds is 3. The van der Waals surface area contributed by atoms with Gasteiger partial charge in [-0.1, -0.05) is 0 Å². The minimum atomic E-state index is -1.18. The van der Waals surface area contributed by atoms with Gasteiger partial charge in [-0.2, -0.15) is 4.57 Å². The summed E-state index contributed by atoms with van der Waals surface area (Å²) in [5, 5.41) is 28.4. The van der Waals surface area contributed by atoms with Crippen LogP contribution in [0, 0.1) is 0 Å². The van der Waals surface area contributed by atoms with E-state index in [9.17, 15) is 15.0 Å². The van der Waals surface area contributed by atoms with Gasteiger partial charge in [-0.15, -0.1) is 11.6 Å². The molecule has 1 aromatic heterocycles. The number of hydrogen-bond donors (Lipinski definition) is 4. The van der Waals surface area contributed by atoms with E-state index in [0.717, 1.165) is 0 Å². The highest BCUT2D eigenvalue weighted by molar-refractivity contribution is 6.15. The summed E-state index contributed by atoms with van der Waals surface area (Å²) in [6, 6.07) is 3.11. The van der Waals surface area contributed by atoms with E-state index in [1.807, 2.05) is 0 Å². The highest BCUT2D eigenvalue weighted by Crippen LogP contribution is 2.24. The third kappa shape index (κ3) is 3.44. The molecule has 7 nitrogen and oxygen atoms in total. The molecule has 1 fully saturated rings. The van der Waals surface area contributed by atoms with Gasteiger partial charge < -0.3 is 25.8 Å². The lowest BCUT2D eigenvalue weighted by Gasteiger charge is -2.09. The molecule has 1 amide bonds. The van der Waals surface area contributed by atoms with Crippen LogP contribution in [0.5, 0.6) is 0 Å². The van der Waals surface area contributed by atoms with E-state index in [1.165, 1.54) is 23.2 Å². The van der Waals surface area contributed by atoms with Crippen molar-refractivity contribution in [1.29, 1.82) is 0 Å². The molecule has 20 heavy (non-hydrogen) atoms. The minimum absolute atomic E-state index is 0.259. The molecule has 0 aromatic carbocycles. The third-order valence-corrected chi connectivity index (χ3v) is 2.92. The first-order valence-electron chi connectivity index (χ1n) is 5.85. The van der Waals surface area contributed by atoms with Crippen LogP contribution in [0.4, 0.5) is 0 Å². The largest absolute Gasteiger partial charge is 0.394 e. The van der Waals surface area contributed by atoms with E-state index in [4.69, 9.17) is 15.6 Å². The van der Waals surface area contributed by atoms with Crippen molar-refractivity contribution in [2.75, 3.05) is 13.0 Å². The first-order chi connectivity index (χ1) is 9.54. The first kappa shape index (κ1) is 16.8. The number of hydrogen-bond acceptors (Lipinski definition) is 5. The maximum atomic E-state index is 11.1. The molecule has 2 heterocycles. The van der Waals surface area contributed by atoms with Gasteiger partial charge in [-0.3, -0.25) is 4.79 Å². The number of primary amides is 1. The lowest BCUT2D eigenvalue weighted by Crippen LogP contribution is -2.46. The van der Waals surface area contributed by atoms with Crippen LogP contribution >= 0.6 is 11.6 Å². The Kier molecular flexibility index (Phi) is 6.31. The Labute approximate surface area is 121 Å². The summed E-state index contributed by atoms with van der Waals surface area (Å²) < 4.78 is 6.75. The van der Waals surface area contributed by atoms with Crippen molar-refractivity contribution < 1.29 is 29.4 Å². The van der Waals surface area contributed by atoms with Gasteiger partial charge in [0, 0.05) is 12.4 Å². The molecule has 0 spiro atoms. The number of carbonyl (C=O) groups excluding carboxylic acids is 1. The van der Waals surface area contributed by atoms with Crippen LogP contribution in [0.15, 0.2) is 24.5 Å². The monoisotopic (exact) mass is 305 g/mol. The highest BCUT2D eigenvalue weighted by atomic mass is 35.5. The Hall–Kier alpha value is -1.25. The molecule has 1 saturated heterocycles. The number of nitrogens with zero attached hydrogens (tertiary/aromatic N) is 1. The second-order valence-corrected chi connectivity index (χ2v) is 4.13. The summed E-state index contributed by atoms with van der Waals surface area (Å²) in [6.45, 7) is -0.398. The van der Waals surface area contributed by atoms with Gasteiger partial charge in [0.05, 0.1) is 6.61 Å². The van der Waals surface area contributed by atoms with Crippen molar-refractivity contribution in [1.82, 2.24) is 0 Å². The molecule has 8 heteroatoms. The number of pyridine rings is 1. The smallest absolute Gasteiger partial charge is 0.292 e. The van der Waals surface area contributed by atoms with Gasteiger partial charge in [0.15, 0.2) is 18.5 Å². The Morgan fingerprint density at radius 2 is 2.10 bits per heavy atom. The van der Waals surface area contributed by atoms with Gasteiger partial charge in [0.2, 0.25) is 0 Å². The fourth-order valence-corrected chi connectivity index (χ4v) is 1.92. The van der Waals surface area contributed by atoms with E-state index < -0.39 is 37.1 Å². The zero-order chi connectivity index (χ0) is 15.3. The van der Waals surface area contributed by atoms with Crippen molar-refractivity contribution in [3.8, 4) is 0 Å². The van der Waals surface area contributed by atoms with Crippen molar-refractivity contribution in [2.24, 2.45) is 5.73 Å². The maximum absolute atomic E-state index is 11.1. The van der Waals surface area contributed by atoms with Gasteiger partial charge in [0.1, 0.15) is 17.8 Å². The summed E-state index contributed by atoms with van der Waals surface area (Å²) in [7, 11) is 0. The van der Waals surface area contributed by atoms with Gasteiger partial charge in [-0.05, 0) is 6.07 Å². The molecule has 4 atom stereocenters. The van der Waals surface area contributed by atoms with Gasteiger partial charge >= 0.3 is 0 Å². The molecule has 0 radical (unpaired) electrons. The normalized spacial score (nSPS) is 28.6. The van der Waals surface area contributed by atoms with Crippen LogP contribution in [0.1, 0.15) is 16.6 Å². The number of aliphatic hydroxyl groups excluding tert-OH is 3. The topological polar surface area (TPSA) is 117 Å². The maximum Gasteiger partial charge on any atom is 0.292 e. The minimum Gasteiger partial charge on any atom is -0.394 e. The molecule has 4 unspecified atom stereocenters.